The molecule has 0 saturated heterocycles. The lowest BCUT2D eigenvalue weighted by atomic mass is 10.1. The van der Waals surface area contributed by atoms with E-state index in [1.54, 1.807) is 47.8 Å². The van der Waals surface area contributed by atoms with Crippen molar-refractivity contribution in [2.45, 2.75) is 13.3 Å². The molecule has 0 aliphatic heterocycles. The maximum atomic E-state index is 12.7. The molecular weight excluding hydrogens is 352 g/mol. The van der Waals surface area contributed by atoms with Crippen molar-refractivity contribution in [3.8, 4) is 11.4 Å². The number of aromatic hydroxyl groups is 1. The Morgan fingerprint density at radius 1 is 1.23 bits per heavy atom. The van der Waals surface area contributed by atoms with Crippen molar-refractivity contribution in [1.82, 2.24) is 19.9 Å². The Kier molecular flexibility index (Phi) is 5.23. The molecule has 134 valence electrons. The predicted octanol–water partition coefficient (Wildman–Crippen LogP) is 3.25. The van der Waals surface area contributed by atoms with E-state index in [-0.39, 0.29) is 11.7 Å². The highest BCUT2D eigenvalue weighted by Crippen LogP contribution is 2.19. The maximum Gasteiger partial charge on any atom is 0.276 e. The molecule has 1 N–H and O–H groups in total. The van der Waals surface area contributed by atoms with Crippen molar-refractivity contribution >= 4 is 17.5 Å². The Hall–Kier alpha value is -2.86. The molecule has 0 unspecified atom stereocenters. The van der Waals surface area contributed by atoms with Crippen LogP contribution in [0.1, 0.15) is 21.7 Å². The Morgan fingerprint density at radius 2 is 2.00 bits per heavy atom. The molecule has 0 spiro atoms. The van der Waals surface area contributed by atoms with E-state index in [1.807, 2.05) is 24.3 Å². The smallest absolute Gasteiger partial charge is 0.276 e. The average Bonchev–Trinajstić information content (AvgIpc) is 3.01. The second-order valence-electron chi connectivity index (χ2n) is 6.02. The first-order valence-electron chi connectivity index (χ1n) is 8.18. The van der Waals surface area contributed by atoms with E-state index in [9.17, 15) is 9.90 Å². The SMILES string of the molecule is Cc1c(C(=O)N(C)CCc2ccccc2O)nnn1-c1cccc(Cl)c1. The van der Waals surface area contributed by atoms with Crippen molar-refractivity contribution in [1.29, 1.82) is 0 Å². The van der Waals surface area contributed by atoms with Crippen molar-refractivity contribution < 1.29 is 9.90 Å². The topological polar surface area (TPSA) is 71.2 Å². The fourth-order valence-corrected chi connectivity index (χ4v) is 2.86. The average molecular weight is 371 g/mol. The van der Waals surface area contributed by atoms with E-state index in [1.165, 1.54) is 0 Å². The number of para-hydroxylation sites is 1. The molecule has 0 saturated carbocycles. The van der Waals surface area contributed by atoms with Crippen molar-refractivity contribution in [3.63, 3.8) is 0 Å². The van der Waals surface area contributed by atoms with E-state index >= 15 is 0 Å². The zero-order valence-corrected chi connectivity index (χ0v) is 15.3. The van der Waals surface area contributed by atoms with Crippen LogP contribution in [-0.2, 0) is 6.42 Å². The second-order valence-corrected chi connectivity index (χ2v) is 6.46. The van der Waals surface area contributed by atoms with Gasteiger partial charge in [0.2, 0.25) is 0 Å². The van der Waals surface area contributed by atoms with Crippen LogP contribution in [0.4, 0.5) is 0 Å². The van der Waals surface area contributed by atoms with Crippen LogP contribution in [0.5, 0.6) is 5.75 Å². The minimum Gasteiger partial charge on any atom is -0.508 e. The minimum absolute atomic E-state index is 0.216. The van der Waals surface area contributed by atoms with Gasteiger partial charge in [-0.3, -0.25) is 4.79 Å². The van der Waals surface area contributed by atoms with Gasteiger partial charge in [0.15, 0.2) is 5.69 Å². The molecule has 1 aromatic heterocycles. The van der Waals surface area contributed by atoms with Crippen LogP contribution in [0, 0.1) is 6.92 Å². The molecule has 0 aliphatic rings. The first kappa shape index (κ1) is 17.9. The summed E-state index contributed by atoms with van der Waals surface area (Å²) in [6, 6.07) is 14.3. The fraction of sp³-hybridized carbons (Fsp3) is 0.211. The number of nitrogens with zero attached hydrogens (tertiary/aromatic N) is 4. The summed E-state index contributed by atoms with van der Waals surface area (Å²) in [6.45, 7) is 2.25. The lowest BCUT2D eigenvalue weighted by Crippen LogP contribution is -2.29. The summed E-state index contributed by atoms with van der Waals surface area (Å²) in [5.74, 6) is 0.0163. The first-order chi connectivity index (χ1) is 12.5. The van der Waals surface area contributed by atoms with Crippen LogP contribution in [0.25, 0.3) is 5.69 Å². The second kappa shape index (κ2) is 7.58. The van der Waals surface area contributed by atoms with Gasteiger partial charge >= 0.3 is 0 Å². The van der Waals surface area contributed by atoms with Gasteiger partial charge < -0.3 is 10.0 Å². The lowest BCUT2D eigenvalue weighted by Gasteiger charge is -2.16. The van der Waals surface area contributed by atoms with Crippen LogP contribution in [-0.4, -0.2) is 44.5 Å². The van der Waals surface area contributed by atoms with Gasteiger partial charge in [-0.15, -0.1) is 5.10 Å². The zero-order chi connectivity index (χ0) is 18.7. The van der Waals surface area contributed by atoms with Crippen LogP contribution in [0.3, 0.4) is 0 Å². The highest BCUT2D eigenvalue weighted by atomic mass is 35.5. The number of halogens is 1. The van der Waals surface area contributed by atoms with Gasteiger partial charge in [-0.1, -0.05) is 41.1 Å². The van der Waals surface area contributed by atoms with Gasteiger partial charge in [-0.2, -0.15) is 0 Å². The summed E-state index contributed by atoms with van der Waals surface area (Å²) in [4.78, 5) is 14.3. The Bertz CT molecular complexity index is 939. The van der Waals surface area contributed by atoms with E-state index in [4.69, 9.17) is 11.6 Å². The number of rotatable bonds is 5. The molecular formula is C19H19ClN4O2. The number of benzene rings is 2. The van der Waals surface area contributed by atoms with Gasteiger partial charge in [-0.25, -0.2) is 4.68 Å². The van der Waals surface area contributed by atoms with E-state index < -0.39 is 0 Å². The molecule has 0 atom stereocenters. The van der Waals surface area contributed by atoms with E-state index in [0.717, 1.165) is 11.3 Å². The lowest BCUT2D eigenvalue weighted by molar-refractivity contribution is 0.0789. The summed E-state index contributed by atoms with van der Waals surface area (Å²) in [5, 5.41) is 18.6. The molecule has 0 radical (unpaired) electrons. The third kappa shape index (κ3) is 3.70. The Balaban J connectivity index is 1.74. The number of carbonyl (C=O) groups excluding carboxylic acids is 1. The molecule has 6 nitrogen and oxygen atoms in total. The number of aromatic nitrogens is 3. The predicted molar refractivity (Wildman–Crippen MR) is 99.9 cm³/mol. The summed E-state index contributed by atoms with van der Waals surface area (Å²) in [7, 11) is 1.71. The molecule has 1 heterocycles. The highest BCUT2D eigenvalue weighted by Gasteiger charge is 2.21. The summed E-state index contributed by atoms with van der Waals surface area (Å²) < 4.78 is 1.59. The molecule has 0 bridgehead atoms. The molecule has 3 rings (SSSR count). The normalized spacial score (nSPS) is 10.7. The van der Waals surface area contributed by atoms with Crippen LogP contribution in [0.2, 0.25) is 5.02 Å². The van der Waals surface area contributed by atoms with Crippen molar-refractivity contribution in [2.24, 2.45) is 0 Å². The molecule has 0 fully saturated rings. The van der Waals surface area contributed by atoms with Gasteiger partial charge in [-0.05, 0) is 43.2 Å². The third-order valence-corrected chi connectivity index (χ3v) is 4.44. The Labute approximate surface area is 156 Å². The number of carbonyl (C=O) groups is 1. The Morgan fingerprint density at radius 3 is 2.73 bits per heavy atom. The van der Waals surface area contributed by atoms with Crippen molar-refractivity contribution in [2.75, 3.05) is 13.6 Å². The van der Waals surface area contributed by atoms with Crippen LogP contribution < -0.4 is 0 Å². The first-order valence-corrected chi connectivity index (χ1v) is 8.55. The molecule has 7 heteroatoms. The van der Waals surface area contributed by atoms with Gasteiger partial charge in [0.05, 0.1) is 11.4 Å². The minimum atomic E-state index is -0.216. The van der Waals surface area contributed by atoms with Gasteiger partial charge in [0, 0.05) is 18.6 Å². The molecule has 0 aliphatic carbocycles. The third-order valence-electron chi connectivity index (χ3n) is 4.20. The van der Waals surface area contributed by atoms with Gasteiger partial charge in [0.25, 0.3) is 5.91 Å². The molecule has 1 amide bonds. The summed E-state index contributed by atoms with van der Waals surface area (Å²) in [6.07, 6.45) is 0.552. The standard InChI is InChI=1S/C19H19ClN4O2/c1-13-18(21-22-24(13)16-8-5-7-15(20)12-16)19(26)23(2)11-10-14-6-3-4-9-17(14)25/h3-9,12,25H,10-11H2,1-2H3. The summed E-state index contributed by atoms with van der Waals surface area (Å²) >= 11 is 6.02. The van der Waals surface area contributed by atoms with E-state index in [0.29, 0.717) is 29.4 Å². The van der Waals surface area contributed by atoms with Crippen LogP contribution >= 0.6 is 11.6 Å². The number of phenolic OH excluding ortho intramolecular Hbond substituents is 1. The quantitative estimate of drug-likeness (QED) is 0.748. The number of hydrogen-bond donors (Lipinski definition) is 1. The number of phenols is 1. The monoisotopic (exact) mass is 370 g/mol. The number of likely N-dealkylation sites (N-methyl/N-ethyl adjacent to an activating group) is 1. The number of amides is 1. The largest absolute Gasteiger partial charge is 0.508 e. The number of hydrogen-bond acceptors (Lipinski definition) is 4. The molecule has 3 aromatic rings. The van der Waals surface area contributed by atoms with Crippen LogP contribution in [0.15, 0.2) is 48.5 Å². The molecule has 2 aromatic carbocycles. The fourth-order valence-electron chi connectivity index (χ4n) is 2.67. The van der Waals surface area contributed by atoms with Gasteiger partial charge in [0.1, 0.15) is 5.75 Å². The zero-order valence-electron chi connectivity index (χ0n) is 14.6. The highest BCUT2D eigenvalue weighted by molar-refractivity contribution is 6.30. The molecule has 26 heavy (non-hydrogen) atoms. The van der Waals surface area contributed by atoms with E-state index in [2.05, 4.69) is 10.3 Å². The summed E-state index contributed by atoms with van der Waals surface area (Å²) in [5.41, 5.74) is 2.49. The maximum absolute atomic E-state index is 12.7. The van der Waals surface area contributed by atoms with Crippen molar-refractivity contribution in [3.05, 3.63) is 70.5 Å².